The summed E-state index contributed by atoms with van der Waals surface area (Å²) in [7, 11) is 1.25. The van der Waals surface area contributed by atoms with Gasteiger partial charge in [0.25, 0.3) is 11.8 Å². The summed E-state index contributed by atoms with van der Waals surface area (Å²) in [6.45, 7) is 0.312. The van der Waals surface area contributed by atoms with Gasteiger partial charge in [-0.2, -0.15) is 5.10 Å². The first-order valence-corrected chi connectivity index (χ1v) is 11.0. The fourth-order valence-electron chi connectivity index (χ4n) is 3.48. The van der Waals surface area contributed by atoms with Gasteiger partial charge in [-0.05, 0) is 29.8 Å². The van der Waals surface area contributed by atoms with Crippen LogP contribution in [0.4, 0.5) is 5.69 Å². The van der Waals surface area contributed by atoms with Gasteiger partial charge in [0, 0.05) is 23.0 Å². The van der Waals surface area contributed by atoms with E-state index >= 15 is 0 Å². The van der Waals surface area contributed by atoms with Gasteiger partial charge in [0.15, 0.2) is 0 Å². The van der Waals surface area contributed by atoms with Crippen molar-refractivity contribution < 1.29 is 19.1 Å². The minimum absolute atomic E-state index is 0.219. The number of hydrogen-bond acceptors (Lipinski definition) is 5. The molecule has 4 aromatic rings. The zero-order valence-corrected chi connectivity index (χ0v) is 19.1. The van der Waals surface area contributed by atoms with Gasteiger partial charge in [-0.1, -0.05) is 60.7 Å². The molecule has 0 saturated carbocycles. The van der Waals surface area contributed by atoms with Gasteiger partial charge < -0.3 is 15.4 Å². The summed E-state index contributed by atoms with van der Waals surface area (Å²) < 4.78 is 6.26. The predicted octanol–water partition coefficient (Wildman–Crippen LogP) is 3.75. The molecule has 1 heterocycles. The molecular weight excluding hydrogens is 444 g/mol. The maximum absolute atomic E-state index is 13.2. The highest BCUT2D eigenvalue weighted by Crippen LogP contribution is 2.24. The Morgan fingerprint density at radius 1 is 0.857 bits per heavy atom. The van der Waals surface area contributed by atoms with Crippen LogP contribution in [-0.4, -0.2) is 41.2 Å². The minimum Gasteiger partial charge on any atom is -0.468 e. The lowest BCUT2D eigenvalue weighted by Gasteiger charge is -2.07. The van der Waals surface area contributed by atoms with Crippen molar-refractivity contribution in [2.45, 2.75) is 6.54 Å². The molecule has 35 heavy (non-hydrogen) atoms. The molecule has 4 rings (SSSR count). The van der Waals surface area contributed by atoms with Crippen molar-refractivity contribution >= 4 is 23.5 Å². The number of nitrogens with one attached hydrogen (secondary N) is 2. The number of methoxy groups -OCH3 is 1. The molecule has 8 nitrogen and oxygen atoms in total. The van der Waals surface area contributed by atoms with Crippen molar-refractivity contribution in [3.63, 3.8) is 0 Å². The third-order valence-electron chi connectivity index (χ3n) is 5.27. The quantitative estimate of drug-likeness (QED) is 0.384. The number of ether oxygens (including phenoxy) is 1. The molecule has 0 aliphatic rings. The fourth-order valence-corrected chi connectivity index (χ4v) is 3.48. The lowest BCUT2D eigenvalue weighted by Crippen LogP contribution is -2.30. The average molecular weight is 469 g/mol. The Balaban J connectivity index is 1.52. The zero-order chi connectivity index (χ0) is 24.6. The molecule has 0 radical (unpaired) electrons. The first kappa shape index (κ1) is 23.4. The second kappa shape index (κ2) is 10.9. The van der Waals surface area contributed by atoms with Gasteiger partial charge in [-0.3, -0.25) is 19.1 Å². The summed E-state index contributed by atoms with van der Waals surface area (Å²) in [5.41, 5.74) is 3.80. The van der Waals surface area contributed by atoms with Crippen molar-refractivity contribution in [2.75, 3.05) is 19.0 Å². The van der Waals surface area contributed by atoms with Crippen LogP contribution < -0.4 is 10.6 Å². The van der Waals surface area contributed by atoms with Crippen LogP contribution >= 0.6 is 0 Å². The summed E-state index contributed by atoms with van der Waals surface area (Å²) in [5, 5.41) is 10.0. The van der Waals surface area contributed by atoms with E-state index < -0.39 is 11.9 Å². The largest absolute Gasteiger partial charge is 0.468 e. The van der Waals surface area contributed by atoms with Gasteiger partial charge in [0.2, 0.25) is 0 Å². The third-order valence-corrected chi connectivity index (χ3v) is 5.27. The second-order valence-electron chi connectivity index (χ2n) is 7.73. The van der Waals surface area contributed by atoms with Crippen molar-refractivity contribution in [3.05, 3.63) is 108 Å². The first-order chi connectivity index (χ1) is 17.0. The number of hydrogen-bond donors (Lipinski definition) is 2. The van der Waals surface area contributed by atoms with Crippen LogP contribution in [0, 0.1) is 0 Å². The zero-order valence-electron chi connectivity index (χ0n) is 19.1. The van der Waals surface area contributed by atoms with Crippen LogP contribution in [0.15, 0.2) is 91.1 Å². The topological polar surface area (TPSA) is 102 Å². The number of amides is 2. The summed E-state index contributed by atoms with van der Waals surface area (Å²) >= 11 is 0. The van der Waals surface area contributed by atoms with Gasteiger partial charge in [0.05, 0.1) is 19.2 Å². The minimum atomic E-state index is -0.538. The molecular formula is C27H24N4O4. The fraction of sp³-hybridized carbons (Fsp3) is 0.111. The highest BCUT2D eigenvalue weighted by Gasteiger charge is 2.18. The van der Waals surface area contributed by atoms with E-state index in [0.29, 0.717) is 29.1 Å². The lowest BCUT2D eigenvalue weighted by molar-refractivity contribution is -0.139. The molecule has 8 heteroatoms. The molecule has 176 valence electrons. The van der Waals surface area contributed by atoms with Gasteiger partial charge in [-0.15, -0.1) is 0 Å². The van der Waals surface area contributed by atoms with Crippen LogP contribution in [0.1, 0.15) is 26.3 Å². The Morgan fingerprint density at radius 2 is 1.51 bits per heavy atom. The van der Waals surface area contributed by atoms with Crippen molar-refractivity contribution in [2.24, 2.45) is 0 Å². The van der Waals surface area contributed by atoms with E-state index in [1.165, 1.54) is 7.11 Å². The molecule has 1 aromatic heterocycles. The summed E-state index contributed by atoms with van der Waals surface area (Å²) in [6, 6.07) is 25.8. The number of nitrogens with zero attached hydrogens (tertiary/aromatic N) is 2. The Labute approximate surface area is 202 Å². The smallest absolute Gasteiger partial charge is 0.325 e. The molecule has 2 amide bonds. The number of carbonyl (C=O) groups excluding carboxylic acids is 3. The van der Waals surface area contributed by atoms with Crippen LogP contribution in [0.3, 0.4) is 0 Å². The Bertz CT molecular complexity index is 1320. The van der Waals surface area contributed by atoms with Crippen LogP contribution in [0.5, 0.6) is 0 Å². The van der Waals surface area contributed by atoms with Crippen molar-refractivity contribution in [1.29, 1.82) is 0 Å². The standard InChI is InChI=1S/C27H24N4O4/c1-35-24(32)16-28-26(33)21-12-14-22(15-13-21)29-27(34)23-18-31(17-19-8-4-2-5-9-19)30-25(23)20-10-6-3-7-11-20/h2-15,18H,16-17H2,1H3,(H,28,33)(H,29,34). The number of aromatic nitrogens is 2. The van der Waals surface area contributed by atoms with Gasteiger partial charge in [0.1, 0.15) is 12.2 Å². The van der Waals surface area contributed by atoms with E-state index in [4.69, 9.17) is 0 Å². The summed E-state index contributed by atoms with van der Waals surface area (Å²) in [4.78, 5) is 36.6. The van der Waals surface area contributed by atoms with E-state index in [9.17, 15) is 14.4 Å². The van der Waals surface area contributed by atoms with Crippen LogP contribution in [-0.2, 0) is 16.1 Å². The van der Waals surface area contributed by atoms with Crippen LogP contribution in [0.25, 0.3) is 11.3 Å². The number of rotatable bonds is 8. The number of benzene rings is 3. The molecule has 2 N–H and O–H groups in total. The monoisotopic (exact) mass is 468 g/mol. The van der Waals surface area contributed by atoms with E-state index in [0.717, 1.165) is 11.1 Å². The Hall–Kier alpha value is -4.72. The molecule has 3 aromatic carbocycles. The van der Waals surface area contributed by atoms with E-state index in [1.54, 1.807) is 35.1 Å². The van der Waals surface area contributed by atoms with E-state index in [2.05, 4.69) is 20.5 Å². The van der Waals surface area contributed by atoms with E-state index in [1.807, 2.05) is 60.7 Å². The first-order valence-electron chi connectivity index (χ1n) is 11.0. The molecule has 0 spiro atoms. The molecule has 0 fully saturated rings. The average Bonchev–Trinajstić information content (AvgIpc) is 3.32. The molecule has 0 aliphatic heterocycles. The van der Waals surface area contributed by atoms with Crippen molar-refractivity contribution in [1.82, 2.24) is 15.1 Å². The molecule has 0 saturated heterocycles. The van der Waals surface area contributed by atoms with Gasteiger partial charge in [-0.25, -0.2) is 0 Å². The summed E-state index contributed by atoms with van der Waals surface area (Å²) in [5.74, 6) is -1.27. The molecule has 0 aliphatic carbocycles. The predicted molar refractivity (Wildman–Crippen MR) is 132 cm³/mol. The molecule has 0 atom stereocenters. The highest BCUT2D eigenvalue weighted by atomic mass is 16.5. The van der Waals surface area contributed by atoms with Gasteiger partial charge >= 0.3 is 5.97 Å². The van der Waals surface area contributed by atoms with Crippen LogP contribution in [0.2, 0.25) is 0 Å². The summed E-state index contributed by atoms with van der Waals surface area (Å²) in [6.07, 6.45) is 1.74. The maximum atomic E-state index is 13.2. The highest BCUT2D eigenvalue weighted by molar-refractivity contribution is 6.08. The SMILES string of the molecule is COC(=O)CNC(=O)c1ccc(NC(=O)c2cn(Cc3ccccc3)nc2-c2ccccc2)cc1. The Morgan fingerprint density at radius 3 is 2.17 bits per heavy atom. The maximum Gasteiger partial charge on any atom is 0.325 e. The molecule has 0 bridgehead atoms. The van der Waals surface area contributed by atoms with Crippen molar-refractivity contribution in [3.8, 4) is 11.3 Å². The number of carbonyl (C=O) groups is 3. The normalized spacial score (nSPS) is 10.4. The molecule has 0 unspecified atom stereocenters. The van der Waals surface area contributed by atoms with E-state index in [-0.39, 0.29) is 12.5 Å². The number of anilines is 1. The Kier molecular flexibility index (Phi) is 7.32. The second-order valence-corrected chi connectivity index (χ2v) is 7.73. The third kappa shape index (κ3) is 6.00. The lowest BCUT2D eigenvalue weighted by atomic mass is 10.1. The number of esters is 1.